The molecule has 0 radical (unpaired) electrons. The first-order valence-electron chi connectivity index (χ1n) is 5.79. The largest absolute Gasteiger partial charge is 0.474 e. The number of benzene rings is 1. The summed E-state index contributed by atoms with van der Waals surface area (Å²) in [6.45, 7) is 3.70. The summed E-state index contributed by atoms with van der Waals surface area (Å²) in [7, 11) is 0. The van der Waals surface area contributed by atoms with Gasteiger partial charge in [0.25, 0.3) is 0 Å². The molecule has 1 aliphatic carbocycles. The minimum Gasteiger partial charge on any atom is -0.474 e. The van der Waals surface area contributed by atoms with Gasteiger partial charge < -0.3 is 4.74 Å². The summed E-state index contributed by atoms with van der Waals surface area (Å²) in [4.78, 5) is 11.3. The van der Waals surface area contributed by atoms with Crippen LogP contribution in [0.1, 0.15) is 11.1 Å². The summed E-state index contributed by atoms with van der Waals surface area (Å²) >= 11 is 0. The number of ether oxygens (including phenoxy) is 1. The molecular weight excluding hydrogens is 224 g/mol. The van der Waals surface area contributed by atoms with Crippen LogP contribution in [0.15, 0.2) is 67.3 Å². The van der Waals surface area contributed by atoms with Crippen molar-refractivity contribution in [1.82, 2.24) is 0 Å². The fourth-order valence-corrected chi connectivity index (χ4v) is 2.33. The van der Waals surface area contributed by atoms with Gasteiger partial charge in [-0.05, 0) is 30.4 Å². The average Bonchev–Trinajstić information content (AvgIpc) is 2.70. The maximum Gasteiger partial charge on any atom is 0.178 e. The summed E-state index contributed by atoms with van der Waals surface area (Å²) in [6.07, 6.45) is 10.2. The normalized spacial score (nSPS) is 21.1. The van der Waals surface area contributed by atoms with Gasteiger partial charge in [0.15, 0.2) is 11.4 Å². The van der Waals surface area contributed by atoms with Crippen molar-refractivity contribution in [3.63, 3.8) is 0 Å². The van der Waals surface area contributed by atoms with Crippen molar-refractivity contribution in [2.24, 2.45) is 0 Å². The maximum atomic E-state index is 11.3. The highest BCUT2D eigenvalue weighted by atomic mass is 16.5. The van der Waals surface area contributed by atoms with Gasteiger partial charge in [0.1, 0.15) is 5.76 Å². The number of hydrogen-bond donors (Lipinski definition) is 0. The second kappa shape index (κ2) is 3.84. The van der Waals surface area contributed by atoms with E-state index in [0.717, 1.165) is 16.9 Å². The molecule has 0 atom stereocenters. The van der Waals surface area contributed by atoms with Gasteiger partial charge in [-0.3, -0.25) is 4.79 Å². The van der Waals surface area contributed by atoms with E-state index in [4.69, 9.17) is 4.74 Å². The van der Waals surface area contributed by atoms with Crippen LogP contribution in [-0.2, 0) is 15.1 Å². The lowest BCUT2D eigenvalue weighted by atomic mass is 9.88. The molecule has 1 heterocycles. The zero-order valence-corrected chi connectivity index (χ0v) is 9.80. The van der Waals surface area contributed by atoms with Crippen LogP contribution in [0.3, 0.4) is 0 Å². The molecule has 2 nitrogen and oxygen atoms in total. The number of allylic oxidation sites excluding steroid dienone is 4. The molecule has 0 bridgehead atoms. The second-order valence-electron chi connectivity index (χ2n) is 4.28. The molecule has 1 spiro atoms. The highest BCUT2D eigenvalue weighted by Crippen LogP contribution is 2.45. The molecule has 3 rings (SSSR count). The first kappa shape index (κ1) is 10.8. The zero-order valence-electron chi connectivity index (χ0n) is 9.80. The number of ketones is 1. The van der Waals surface area contributed by atoms with Gasteiger partial charge in [0, 0.05) is 11.1 Å². The van der Waals surface area contributed by atoms with Gasteiger partial charge in [-0.25, -0.2) is 0 Å². The van der Waals surface area contributed by atoms with E-state index in [-0.39, 0.29) is 5.78 Å². The van der Waals surface area contributed by atoms with Crippen LogP contribution in [0.4, 0.5) is 0 Å². The molecule has 0 saturated carbocycles. The maximum absolute atomic E-state index is 11.3. The molecule has 88 valence electrons. The Hall–Kier alpha value is -2.35. The summed E-state index contributed by atoms with van der Waals surface area (Å²) in [5.41, 5.74) is 1.46. The van der Waals surface area contributed by atoms with Crippen molar-refractivity contribution in [3.05, 3.63) is 78.4 Å². The number of fused-ring (bicyclic) bond motifs is 2. The zero-order chi connectivity index (χ0) is 12.6. The Kier molecular flexibility index (Phi) is 2.30. The van der Waals surface area contributed by atoms with E-state index >= 15 is 0 Å². The molecule has 1 aromatic carbocycles. The third-order valence-electron chi connectivity index (χ3n) is 3.15. The molecule has 0 unspecified atom stereocenters. The van der Waals surface area contributed by atoms with Crippen molar-refractivity contribution in [2.45, 2.75) is 5.60 Å². The Morgan fingerprint density at radius 3 is 2.61 bits per heavy atom. The van der Waals surface area contributed by atoms with Crippen LogP contribution in [0.25, 0.3) is 5.76 Å². The van der Waals surface area contributed by atoms with Crippen LogP contribution in [0.2, 0.25) is 0 Å². The Morgan fingerprint density at radius 1 is 1.17 bits per heavy atom. The van der Waals surface area contributed by atoms with Crippen LogP contribution in [0.5, 0.6) is 0 Å². The number of rotatable bonds is 1. The Balaban J connectivity index is 2.19. The summed E-state index contributed by atoms with van der Waals surface area (Å²) in [5.74, 6) is 0.770. The van der Waals surface area contributed by atoms with Crippen molar-refractivity contribution in [3.8, 4) is 0 Å². The topological polar surface area (TPSA) is 26.3 Å². The van der Waals surface area contributed by atoms with Crippen LogP contribution in [-0.4, -0.2) is 5.78 Å². The van der Waals surface area contributed by atoms with Crippen molar-refractivity contribution < 1.29 is 9.53 Å². The minimum atomic E-state index is -0.640. The van der Waals surface area contributed by atoms with Crippen LogP contribution >= 0.6 is 0 Å². The molecule has 0 amide bonds. The van der Waals surface area contributed by atoms with Crippen LogP contribution < -0.4 is 0 Å². The summed E-state index contributed by atoms with van der Waals surface area (Å²) in [6, 6.07) is 7.97. The average molecular weight is 236 g/mol. The number of carbonyl (C=O) groups excluding carboxylic acids is 1. The molecule has 1 aromatic rings. The molecule has 1 aliphatic heterocycles. The van der Waals surface area contributed by atoms with Crippen molar-refractivity contribution in [2.75, 3.05) is 0 Å². The summed E-state index contributed by atoms with van der Waals surface area (Å²) in [5, 5.41) is 0. The van der Waals surface area contributed by atoms with E-state index in [1.165, 1.54) is 0 Å². The summed E-state index contributed by atoms with van der Waals surface area (Å²) < 4.78 is 6.01. The van der Waals surface area contributed by atoms with E-state index in [2.05, 4.69) is 6.58 Å². The van der Waals surface area contributed by atoms with Crippen molar-refractivity contribution >= 4 is 11.5 Å². The number of carbonyl (C=O) groups is 1. The smallest absolute Gasteiger partial charge is 0.178 e. The lowest BCUT2D eigenvalue weighted by Crippen LogP contribution is -2.22. The molecule has 0 N–H and O–H groups in total. The fraction of sp³-hybridized carbons (Fsp3) is 0.0625. The molecule has 2 heteroatoms. The third kappa shape index (κ3) is 1.46. The van der Waals surface area contributed by atoms with Gasteiger partial charge in [-0.15, -0.1) is 0 Å². The highest BCUT2D eigenvalue weighted by molar-refractivity contribution is 6.01. The monoisotopic (exact) mass is 236 g/mol. The third-order valence-corrected chi connectivity index (χ3v) is 3.15. The highest BCUT2D eigenvalue weighted by Gasteiger charge is 2.40. The molecule has 0 fully saturated rings. The lowest BCUT2D eigenvalue weighted by molar-refractivity contribution is -0.110. The molecule has 18 heavy (non-hydrogen) atoms. The Bertz CT molecular complexity index is 602. The predicted octanol–water partition coefficient (Wildman–Crippen LogP) is 3.13. The van der Waals surface area contributed by atoms with Gasteiger partial charge in [-0.1, -0.05) is 36.9 Å². The molecule has 0 saturated heterocycles. The molecular formula is C16H12O2. The number of hydrogen-bond acceptors (Lipinski definition) is 2. The lowest BCUT2D eigenvalue weighted by Gasteiger charge is -2.24. The van der Waals surface area contributed by atoms with Gasteiger partial charge in [0.05, 0.1) is 0 Å². The molecule has 0 aromatic heterocycles. The van der Waals surface area contributed by atoms with Crippen molar-refractivity contribution in [1.29, 1.82) is 0 Å². The van der Waals surface area contributed by atoms with Gasteiger partial charge in [0.2, 0.25) is 0 Å². The quantitative estimate of drug-likeness (QED) is 0.748. The first-order valence-corrected chi connectivity index (χ1v) is 5.79. The van der Waals surface area contributed by atoms with E-state index in [9.17, 15) is 4.79 Å². The van der Waals surface area contributed by atoms with E-state index < -0.39 is 5.60 Å². The van der Waals surface area contributed by atoms with E-state index in [1.54, 1.807) is 30.4 Å². The Morgan fingerprint density at radius 2 is 1.89 bits per heavy atom. The van der Waals surface area contributed by atoms with E-state index in [0.29, 0.717) is 0 Å². The fourth-order valence-electron chi connectivity index (χ4n) is 2.33. The second-order valence-corrected chi connectivity index (χ2v) is 4.28. The minimum absolute atomic E-state index is 0.0112. The van der Waals surface area contributed by atoms with Gasteiger partial charge in [-0.2, -0.15) is 0 Å². The van der Waals surface area contributed by atoms with E-state index in [1.807, 2.05) is 30.3 Å². The van der Waals surface area contributed by atoms with Crippen LogP contribution in [0, 0.1) is 0 Å². The standard InChI is InChI=1S/C16H12O2/c1-2-5-15-13-6-3-4-7-14(13)16(18-15)10-8-12(17)9-11-16/h2-11H,1H2/b15-5+. The Labute approximate surface area is 106 Å². The first-order chi connectivity index (χ1) is 8.75. The SMILES string of the molecule is C=C/C=C1/OC2(C=CC(=O)C=C2)c2ccccc21. The van der Waals surface area contributed by atoms with Gasteiger partial charge >= 0.3 is 0 Å². The molecule has 2 aliphatic rings. The predicted molar refractivity (Wildman–Crippen MR) is 70.7 cm³/mol.